The van der Waals surface area contributed by atoms with Crippen molar-refractivity contribution in [2.24, 2.45) is 0 Å². The van der Waals surface area contributed by atoms with E-state index in [2.05, 4.69) is 15.3 Å². The maximum atomic E-state index is 11.7. The van der Waals surface area contributed by atoms with Crippen LogP contribution in [0.25, 0.3) is 0 Å². The third-order valence-electron chi connectivity index (χ3n) is 3.97. The number of amides is 1. The van der Waals surface area contributed by atoms with Gasteiger partial charge in [0.25, 0.3) is 0 Å². The summed E-state index contributed by atoms with van der Waals surface area (Å²) in [6.45, 7) is 4.43. The van der Waals surface area contributed by atoms with E-state index in [1.165, 1.54) is 0 Å². The summed E-state index contributed by atoms with van der Waals surface area (Å²) in [4.78, 5) is 22.4. The highest BCUT2D eigenvalue weighted by molar-refractivity contribution is 5.74. The summed E-state index contributed by atoms with van der Waals surface area (Å²) in [7, 11) is 0. The summed E-state index contributed by atoms with van der Waals surface area (Å²) in [5.74, 6) is 1.67. The highest BCUT2D eigenvalue weighted by Gasteiger charge is 2.27. The van der Waals surface area contributed by atoms with Crippen molar-refractivity contribution in [3.8, 4) is 0 Å². The van der Waals surface area contributed by atoms with Gasteiger partial charge in [-0.05, 0) is 49.6 Å². The third-order valence-corrected chi connectivity index (χ3v) is 3.97. The van der Waals surface area contributed by atoms with Gasteiger partial charge >= 0.3 is 0 Å². The largest absolute Gasteiger partial charge is 0.336 e. The molecule has 1 aliphatic rings. The first-order valence-corrected chi connectivity index (χ1v) is 7.57. The fourth-order valence-electron chi connectivity index (χ4n) is 2.96. The summed E-state index contributed by atoms with van der Waals surface area (Å²) in [5, 5.41) is 3.23. The smallest absolute Gasteiger partial charge is 0.219 e. The Morgan fingerprint density at radius 2 is 2.18 bits per heavy atom. The summed E-state index contributed by atoms with van der Waals surface area (Å²) in [6, 6.07) is 9.99. The van der Waals surface area contributed by atoms with E-state index >= 15 is 0 Å². The summed E-state index contributed by atoms with van der Waals surface area (Å²) < 4.78 is 0. The molecule has 114 valence electrons. The maximum Gasteiger partial charge on any atom is 0.219 e. The molecule has 0 unspecified atom stereocenters. The van der Waals surface area contributed by atoms with Crippen LogP contribution in [0.5, 0.6) is 0 Å². The second-order valence-corrected chi connectivity index (χ2v) is 5.63. The van der Waals surface area contributed by atoms with Gasteiger partial charge in [-0.3, -0.25) is 4.79 Å². The predicted octanol–water partition coefficient (Wildman–Crippen LogP) is 3.21. The molecule has 3 heterocycles. The van der Waals surface area contributed by atoms with Crippen molar-refractivity contribution in [2.75, 3.05) is 11.9 Å². The van der Waals surface area contributed by atoms with E-state index in [9.17, 15) is 4.79 Å². The Kier molecular flexibility index (Phi) is 4.04. The van der Waals surface area contributed by atoms with Gasteiger partial charge in [0.05, 0.1) is 6.04 Å². The van der Waals surface area contributed by atoms with Gasteiger partial charge in [-0.15, -0.1) is 0 Å². The molecule has 0 aliphatic carbocycles. The quantitative estimate of drug-likeness (QED) is 0.945. The van der Waals surface area contributed by atoms with Gasteiger partial charge in [0, 0.05) is 25.4 Å². The van der Waals surface area contributed by atoms with Crippen LogP contribution in [0.2, 0.25) is 0 Å². The number of carbonyl (C=O) groups is 1. The predicted molar refractivity (Wildman–Crippen MR) is 85.9 cm³/mol. The maximum absolute atomic E-state index is 11.7. The molecule has 0 saturated carbocycles. The lowest BCUT2D eigenvalue weighted by atomic mass is 10.1. The van der Waals surface area contributed by atoms with Crippen LogP contribution in [0.4, 0.5) is 11.6 Å². The number of aromatic nitrogens is 2. The average molecular weight is 296 g/mol. The Morgan fingerprint density at radius 1 is 1.32 bits per heavy atom. The van der Waals surface area contributed by atoms with Gasteiger partial charge in [-0.2, -0.15) is 0 Å². The fraction of sp³-hybridized carbons (Fsp3) is 0.353. The molecular weight excluding hydrogens is 276 g/mol. The van der Waals surface area contributed by atoms with Crippen LogP contribution in [-0.4, -0.2) is 27.3 Å². The van der Waals surface area contributed by atoms with Gasteiger partial charge in [0.2, 0.25) is 5.91 Å². The number of hydrogen-bond donors (Lipinski definition) is 1. The molecule has 1 amide bonds. The molecule has 0 aromatic carbocycles. The molecule has 1 fully saturated rings. The summed E-state index contributed by atoms with van der Waals surface area (Å²) in [6.07, 6.45) is 3.84. The molecule has 0 spiro atoms. The normalized spacial score (nSPS) is 17.5. The zero-order valence-electron chi connectivity index (χ0n) is 12.9. The van der Waals surface area contributed by atoms with E-state index in [-0.39, 0.29) is 11.9 Å². The minimum Gasteiger partial charge on any atom is -0.336 e. The number of rotatable bonds is 3. The molecule has 1 N–H and O–H groups in total. The number of carbonyl (C=O) groups excluding carboxylic acids is 1. The van der Waals surface area contributed by atoms with Crippen LogP contribution >= 0.6 is 0 Å². The molecule has 1 saturated heterocycles. The fourth-order valence-corrected chi connectivity index (χ4v) is 2.96. The Bertz CT molecular complexity index is 686. The van der Waals surface area contributed by atoms with E-state index in [0.29, 0.717) is 0 Å². The molecule has 2 aromatic heterocycles. The second kappa shape index (κ2) is 6.13. The molecule has 2 aromatic rings. The lowest BCUT2D eigenvalue weighted by Crippen LogP contribution is -2.28. The third kappa shape index (κ3) is 3.08. The molecule has 1 aliphatic heterocycles. The van der Waals surface area contributed by atoms with Gasteiger partial charge in [-0.1, -0.05) is 6.07 Å². The molecule has 5 nitrogen and oxygen atoms in total. The van der Waals surface area contributed by atoms with Crippen molar-refractivity contribution in [3.05, 3.63) is 47.8 Å². The topological polar surface area (TPSA) is 58.1 Å². The second-order valence-electron chi connectivity index (χ2n) is 5.63. The number of nitrogens with zero attached hydrogens (tertiary/aromatic N) is 3. The Hall–Kier alpha value is -2.43. The van der Waals surface area contributed by atoms with E-state index in [4.69, 9.17) is 0 Å². The number of likely N-dealkylation sites (tertiary alicyclic amines) is 1. The number of hydrogen-bond acceptors (Lipinski definition) is 4. The van der Waals surface area contributed by atoms with Crippen molar-refractivity contribution in [1.82, 2.24) is 14.9 Å². The first-order chi connectivity index (χ1) is 10.6. The number of aryl methyl sites for hydroxylation is 1. The SMILES string of the molecule is CC(=O)N1CCC[C@@H]1c1ccnc(Nc2cccc(C)n2)c1. The van der Waals surface area contributed by atoms with Crippen molar-refractivity contribution < 1.29 is 4.79 Å². The average Bonchev–Trinajstić information content (AvgIpc) is 2.97. The molecule has 3 rings (SSSR count). The molecule has 22 heavy (non-hydrogen) atoms. The Balaban J connectivity index is 1.82. The Labute approximate surface area is 130 Å². The molecular formula is C17H20N4O. The monoisotopic (exact) mass is 296 g/mol. The first kappa shape index (κ1) is 14.5. The molecule has 0 bridgehead atoms. The lowest BCUT2D eigenvalue weighted by Gasteiger charge is -2.23. The van der Waals surface area contributed by atoms with Crippen molar-refractivity contribution >= 4 is 17.5 Å². The zero-order chi connectivity index (χ0) is 15.5. The van der Waals surface area contributed by atoms with Gasteiger partial charge in [0.15, 0.2) is 0 Å². The van der Waals surface area contributed by atoms with Gasteiger partial charge < -0.3 is 10.2 Å². The van der Waals surface area contributed by atoms with Crippen LogP contribution in [-0.2, 0) is 4.79 Å². The van der Waals surface area contributed by atoms with Crippen LogP contribution < -0.4 is 5.32 Å². The minimum absolute atomic E-state index is 0.133. The van der Waals surface area contributed by atoms with Gasteiger partial charge in [0.1, 0.15) is 11.6 Å². The van der Waals surface area contributed by atoms with Crippen LogP contribution in [0, 0.1) is 6.92 Å². The van der Waals surface area contributed by atoms with Crippen molar-refractivity contribution in [1.29, 1.82) is 0 Å². The Morgan fingerprint density at radius 3 is 2.95 bits per heavy atom. The van der Waals surface area contributed by atoms with Crippen LogP contribution in [0.3, 0.4) is 0 Å². The molecule has 1 atom stereocenters. The number of anilines is 2. The van der Waals surface area contributed by atoms with Crippen molar-refractivity contribution in [3.63, 3.8) is 0 Å². The van der Waals surface area contributed by atoms with Crippen LogP contribution in [0.1, 0.15) is 37.1 Å². The number of pyridine rings is 2. The van der Waals surface area contributed by atoms with E-state index < -0.39 is 0 Å². The molecule has 0 radical (unpaired) electrons. The lowest BCUT2D eigenvalue weighted by molar-refractivity contribution is -0.129. The first-order valence-electron chi connectivity index (χ1n) is 7.57. The van der Waals surface area contributed by atoms with E-state index in [1.54, 1.807) is 13.1 Å². The zero-order valence-corrected chi connectivity index (χ0v) is 12.9. The minimum atomic E-state index is 0.133. The highest BCUT2D eigenvalue weighted by atomic mass is 16.2. The van der Waals surface area contributed by atoms with Crippen molar-refractivity contribution in [2.45, 2.75) is 32.7 Å². The van der Waals surface area contributed by atoms with E-state index in [1.807, 2.05) is 42.2 Å². The standard InChI is InChI=1S/C17H20N4O/c1-12-5-3-7-16(19-12)20-17-11-14(8-9-18-17)15-6-4-10-21(15)13(2)22/h3,5,7-9,11,15H,4,6,10H2,1-2H3,(H,18,19,20)/t15-/m1/s1. The van der Waals surface area contributed by atoms with E-state index in [0.717, 1.165) is 42.3 Å². The molecule has 5 heteroatoms. The van der Waals surface area contributed by atoms with Gasteiger partial charge in [-0.25, -0.2) is 9.97 Å². The summed E-state index contributed by atoms with van der Waals surface area (Å²) >= 11 is 0. The number of nitrogens with one attached hydrogen (secondary N) is 1. The summed E-state index contributed by atoms with van der Waals surface area (Å²) in [5.41, 5.74) is 2.08. The van der Waals surface area contributed by atoms with Crippen LogP contribution in [0.15, 0.2) is 36.5 Å². The highest BCUT2D eigenvalue weighted by Crippen LogP contribution is 2.32.